The van der Waals surface area contributed by atoms with Crippen molar-refractivity contribution >= 4 is 22.6 Å². The first-order valence-corrected chi connectivity index (χ1v) is 9.86. The SMILES string of the molecule is CC(C)(C)c1ccc(-c2cc(=O)c3cc(NC(=O)c4ccccc4)ccc3o2)cc1. The summed E-state index contributed by atoms with van der Waals surface area (Å²) in [6, 6.07) is 23.6. The number of nitrogens with one attached hydrogen (secondary N) is 1. The van der Waals surface area contributed by atoms with Crippen molar-refractivity contribution in [3.05, 3.63) is 100 Å². The number of benzene rings is 3. The normalized spacial score (nSPS) is 11.4. The predicted octanol–water partition coefficient (Wildman–Crippen LogP) is 6.01. The van der Waals surface area contributed by atoms with Gasteiger partial charge in [0.15, 0.2) is 5.43 Å². The lowest BCUT2D eigenvalue weighted by atomic mass is 9.86. The average molecular weight is 397 g/mol. The third-order valence-corrected chi connectivity index (χ3v) is 5.06. The predicted molar refractivity (Wildman–Crippen MR) is 121 cm³/mol. The second kappa shape index (κ2) is 7.64. The topological polar surface area (TPSA) is 59.3 Å². The minimum Gasteiger partial charge on any atom is -0.456 e. The van der Waals surface area contributed by atoms with E-state index in [9.17, 15) is 9.59 Å². The van der Waals surface area contributed by atoms with Crippen LogP contribution in [0.4, 0.5) is 5.69 Å². The van der Waals surface area contributed by atoms with Crippen molar-refractivity contribution in [2.75, 3.05) is 5.32 Å². The monoisotopic (exact) mass is 397 g/mol. The highest BCUT2D eigenvalue weighted by atomic mass is 16.3. The van der Waals surface area contributed by atoms with E-state index in [1.54, 1.807) is 42.5 Å². The number of fused-ring (bicyclic) bond motifs is 1. The van der Waals surface area contributed by atoms with Crippen molar-refractivity contribution in [2.24, 2.45) is 0 Å². The quantitative estimate of drug-likeness (QED) is 0.460. The van der Waals surface area contributed by atoms with E-state index in [-0.39, 0.29) is 16.8 Å². The molecule has 1 N–H and O–H groups in total. The standard InChI is InChI=1S/C26H23NO3/c1-26(2,3)19-11-9-17(10-12-19)24-16-22(28)21-15-20(13-14-23(21)30-24)27-25(29)18-7-5-4-6-8-18/h4-16H,1-3H3,(H,27,29). The molecule has 0 bridgehead atoms. The lowest BCUT2D eigenvalue weighted by molar-refractivity contribution is 0.102. The number of anilines is 1. The highest BCUT2D eigenvalue weighted by molar-refractivity contribution is 6.05. The van der Waals surface area contributed by atoms with Crippen LogP contribution in [0.15, 0.2) is 88.1 Å². The molecule has 1 amide bonds. The fraction of sp³-hybridized carbons (Fsp3) is 0.154. The van der Waals surface area contributed by atoms with Gasteiger partial charge in [0.05, 0.1) is 5.39 Å². The van der Waals surface area contributed by atoms with E-state index in [2.05, 4.69) is 38.2 Å². The highest BCUT2D eigenvalue weighted by Gasteiger charge is 2.14. The number of amides is 1. The fourth-order valence-electron chi connectivity index (χ4n) is 3.30. The van der Waals surface area contributed by atoms with Crippen molar-refractivity contribution in [3.8, 4) is 11.3 Å². The molecule has 0 saturated carbocycles. The molecule has 0 radical (unpaired) electrons. The number of carbonyl (C=O) groups is 1. The summed E-state index contributed by atoms with van der Waals surface area (Å²) in [6.45, 7) is 6.48. The van der Waals surface area contributed by atoms with Crippen LogP contribution in [0, 0.1) is 0 Å². The molecule has 3 aromatic carbocycles. The molecular formula is C26H23NO3. The number of rotatable bonds is 3. The molecule has 0 fully saturated rings. The number of hydrogen-bond donors (Lipinski definition) is 1. The molecule has 4 aromatic rings. The van der Waals surface area contributed by atoms with Gasteiger partial charge in [0.25, 0.3) is 5.91 Å². The van der Waals surface area contributed by atoms with Crippen molar-refractivity contribution in [1.29, 1.82) is 0 Å². The van der Waals surface area contributed by atoms with Crippen LogP contribution in [-0.2, 0) is 5.41 Å². The molecule has 0 spiro atoms. The minimum atomic E-state index is -0.227. The first kappa shape index (κ1) is 19.6. The van der Waals surface area contributed by atoms with Gasteiger partial charge in [-0.25, -0.2) is 0 Å². The van der Waals surface area contributed by atoms with E-state index < -0.39 is 0 Å². The molecule has 4 nitrogen and oxygen atoms in total. The van der Waals surface area contributed by atoms with Crippen LogP contribution in [0.3, 0.4) is 0 Å². The van der Waals surface area contributed by atoms with E-state index in [0.717, 1.165) is 5.56 Å². The van der Waals surface area contributed by atoms with Gasteiger partial charge in [-0.3, -0.25) is 9.59 Å². The number of carbonyl (C=O) groups excluding carboxylic acids is 1. The Kier molecular flexibility index (Phi) is 5.00. The number of hydrogen-bond acceptors (Lipinski definition) is 3. The van der Waals surface area contributed by atoms with E-state index in [1.807, 2.05) is 18.2 Å². The summed E-state index contributed by atoms with van der Waals surface area (Å²) in [5, 5.41) is 3.25. The Labute approximate surface area is 175 Å². The van der Waals surface area contributed by atoms with Crippen LogP contribution >= 0.6 is 0 Å². The highest BCUT2D eigenvalue weighted by Crippen LogP contribution is 2.27. The Morgan fingerprint density at radius 2 is 1.57 bits per heavy atom. The molecule has 0 aliphatic heterocycles. The Balaban J connectivity index is 1.64. The minimum absolute atomic E-state index is 0.0589. The Morgan fingerprint density at radius 1 is 0.867 bits per heavy atom. The molecule has 0 atom stereocenters. The van der Waals surface area contributed by atoms with Gasteiger partial charge >= 0.3 is 0 Å². The molecule has 4 heteroatoms. The van der Waals surface area contributed by atoms with Gasteiger partial charge in [0.1, 0.15) is 11.3 Å². The van der Waals surface area contributed by atoms with Gasteiger partial charge in [0.2, 0.25) is 0 Å². The van der Waals surface area contributed by atoms with E-state index in [4.69, 9.17) is 4.42 Å². The Morgan fingerprint density at radius 3 is 2.23 bits per heavy atom. The van der Waals surface area contributed by atoms with Gasteiger partial charge in [-0.15, -0.1) is 0 Å². The molecule has 30 heavy (non-hydrogen) atoms. The smallest absolute Gasteiger partial charge is 0.255 e. The maximum Gasteiger partial charge on any atom is 0.255 e. The molecule has 0 unspecified atom stereocenters. The van der Waals surface area contributed by atoms with Gasteiger partial charge in [0, 0.05) is 22.9 Å². The molecular weight excluding hydrogens is 374 g/mol. The largest absolute Gasteiger partial charge is 0.456 e. The summed E-state index contributed by atoms with van der Waals surface area (Å²) in [4.78, 5) is 25.1. The van der Waals surface area contributed by atoms with Crippen molar-refractivity contribution in [1.82, 2.24) is 0 Å². The molecule has 150 valence electrons. The first-order chi connectivity index (χ1) is 14.3. The first-order valence-electron chi connectivity index (χ1n) is 9.86. The van der Waals surface area contributed by atoms with Crippen molar-refractivity contribution < 1.29 is 9.21 Å². The van der Waals surface area contributed by atoms with Crippen LogP contribution in [0.25, 0.3) is 22.3 Å². The van der Waals surface area contributed by atoms with E-state index in [1.165, 1.54) is 11.6 Å². The molecule has 1 aromatic heterocycles. The second-order valence-electron chi connectivity index (χ2n) is 8.33. The van der Waals surface area contributed by atoms with Crippen LogP contribution in [-0.4, -0.2) is 5.91 Å². The van der Waals surface area contributed by atoms with Gasteiger partial charge in [-0.1, -0.05) is 63.2 Å². The molecule has 0 aliphatic carbocycles. The summed E-state index contributed by atoms with van der Waals surface area (Å²) >= 11 is 0. The van der Waals surface area contributed by atoms with Gasteiger partial charge in [-0.05, 0) is 41.3 Å². The molecule has 1 heterocycles. The Bertz CT molecular complexity index is 1260. The third-order valence-electron chi connectivity index (χ3n) is 5.06. The summed E-state index contributed by atoms with van der Waals surface area (Å²) in [6.07, 6.45) is 0. The fourth-order valence-corrected chi connectivity index (χ4v) is 3.30. The maximum atomic E-state index is 12.7. The summed E-state index contributed by atoms with van der Waals surface area (Å²) in [5.41, 5.74) is 3.56. The van der Waals surface area contributed by atoms with Crippen molar-refractivity contribution in [3.63, 3.8) is 0 Å². The molecule has 4 rings (SSSR count). The van der Waals surface area contributed by atoms with Crippen molar-refractivity contribution in [2.45, 2.75) is 26.2 Å². The summed E-state index contributed by atoms with van der Waals surface area (Å²) in [5.74, 6) is 0.295. The van der Waals surface area contributed by atoms with Crippen LogP contribution < -0.4 is 10.7 Å². The maximum absolute atomic E-state index is 12.7. The zero-order valence-electron chi connectivity index (χ0n) is 17.2. The van der Waals surface area contributed by atoms with E-state index >= 15 is 0 Å². The zero-order valence-corrected chi connectivity index (χ0v) is 17.2. The Hall–Kier alpha value is -3.66. The molecule has 0 saturated heterocycles. The van der Waals surface area contributed by atoms with Crippen LogP contribution in [0.1, 0.15) is 36.7 Å². The van der Waals surface area contributed by atoms with Gasteiger partial charge < -0.3 is 9.73 Å². The zero-order chi connectivity index (χ0) is 21.3. The average Bonchev–Trinajstić information content (AvgIpc) is 2.74. The van der Waals surface area contributed by atoms with Crippen LogP contribution in [0.2, 0.25) is 0 Å². The lowest BCUT2D eigenvalue weighted by Gasteiger charge is -2.19. The van der Waals surface area contributed by atoms with E-state index in [0.29, 0.717) is 28.0 Å². The lowest BCUT2D eigenvalue weighted by Crippen LogP contribution is -2.12. The third kappa shape index (κ3) is 4.03. The molecule has 0 aliphatic rings. The van der Waals surface area contributed by atoms with Crippen LogP contribution in [0.5, 0.6) is 0 Å². The summed E-state index contributed by atoms with van der Waals surface area (Å²) in [7, 11) is 0. The summed E-state index contributed by atoms with van der Waals surface area (Å²) < 4.78 is 5.99. The van der Waals surface area contributed by atoms with Gasteiger partial charge in [-0.2, -0.15) is 0 Å². The second-order valence-corrected chi connectivity index (χ2v) is 8.33.